The maximum atomic E-state index is 13.6. The summed E-state index contributed by atoms with van der Waals surface area (Å²) in [5, 5.41) is 22.5. The van der Waals surface area contributed by atoms with Crippen LogP contribution in [0.5, 0.6) is 0 Å². The van der Waals surface area contributed by atoms with Crippen LogP contribution in [-0.4, -0.2) is 29.0 Å². The van der Waals surface area contributed by atoms with Crippen LogP contribution >= 0.6 is 0 Å². The Bertz CT molecular complexity index is 725. The average Bonchev–Trinajstić information content (AvgIpc) is 2.61. The zero-order valence-corrected chi connectivity index (χ0v) is 13.8. The third kappa shape index (κ3) is 5.17. The van der Waals surface area contributed by atoms with Gasteiger partial charge in [0.05, 0.1) is 5.69 Å². The first-order valence-electron chi connectivity index (χ1n) is 7.74. The van der Waals surface area contributed by atoms with Gasteiger partial charge in [-0.2, -0.15) is 0 Å². The fourth-order valence-electron chi connectivity index (χ4n) is 2.32. The van der Waals surface area contributed by atoms with Crippen LogP contribution in [0.25, 0.3) is 0 Å². The Hall–Kier alpha value is -2.64. The molecule has 0 aromatic heterocycles. The highest BCUT2D eigenvalue weighted by Gasteiger charge is 2.22. The van der Waals surface area contributed by atoms with E-state index in [0.29, 0.717) is 5.56 Å². The molecule has 0 aliphatic heterocycles. The number of hydrogen-bond acceptors (Lipinski definition) is 5. The fourth-order valence-corrected chi connectivity index (χ4v) is 2.32. The van der Waals surface area contributed by atoms with Crippen LogP contribution in [0.2, 0.25) is 0 Å². The summed E-state index contributed by atoms with van der Waals surface area (Å²) in [5.41, 5.74) is 6.99. The molecular weight excluding hydrogens is 327 g/mol. The van der Waals surface area contributed by atoms with E-state index in [1.807, 2.05) is 30.3 Å². The number of anilines is 1. The minimum atomic E-state index is -1.37. The average molecular weight is 348 g/mol. The lowest BCUT2D eigenvalue weighted by Crippen LogP contribution is -2.36. The predicted octanol–water partition coefficient (Wildman–Crippen LogP) is 2.04. The lowest BCUT2D eigenvalue weighted by molar-refractivity contribution is 0.0179. The van der Waals surface area contributed by atoms with E-state index in [2.05, 4.69) is 5.32 Å². The van der Waals surface area contributed by atoms with Gasteiger partial charge in [0, 0.05) is 6.54 Å². The Morgan fingerprint density at radius 1 is 1.28 bits per heavy atom. The van der Waals surface area contributed by atoms with Crippen molar-refractivity contribution in [1.82, 2.24) is 5.32 Å². The van der Waals surface area contributed by atoms with E-state index in [1.54, 1.807) is 6.92 Å². The van der Waals surface area contributed by atoms with Crippen molar-refractivity contribution < 1.29 is 24.1 Å². The molecule has 25 heavy (non-hydrogen) atoms. The van der Waals surface area contributed by atoms with Gasteiger partial charge in [0.25, 0.3) is 0 Å². The van der Waals surface area contributed by atoms with Crippen molar-refractivity contribution in [3.63, 3.8) is 0 Å². The number of amides is 1. The highest BCUT2D eigenvalue weighted by molar-refractivity contribution is 5.67. The number of carbonyl (C=O) groups is 1. The van der Waals surface area contributed by atoms with E-state index in [9.17, 15) is 19.4 Å². The molecule has 0 aliphatic rings. The van der Waals surface area contributed by atoms with Gasteiger partial charge in [-0.3, -0.25) is 0 Å². The van der Waals surface area contributed by atoms with Gasteiger partial charge in [-0.05, 0) is 35.7 Å². The molecule has 2 atom stereocenters. The van der Waals surface area contributed by atoms with Gasteiger partial charge in [-0.15, -0.1) is 0 Å². The van der Waals surface area contributed by atoms with Crippen molar-refractivity contribution in [2.45, 2.75) is 25.7 Å². The Balaban J connectivity index is 1.86. The second-order valence-electron chi connectivity index (χ2n) is 5.69. The topological polar surface area (TPSA) is 105 Å². The third-order valence-electron chi connectivity index (χ3n) is 3.74. The molecule has 134 valence electrons. The van der Waals surface area contributed by atoms with Crippen LogP contribution in [0, 0.1) is 12.7 Å². The normalized spacial score (nSPS) is 13.1. The molecule has 7 heteroatoms. The molecule has 2 unspecified atom stereocenters. The van der Waals surface area contributed by atoms with Gasteiger partial charge in [0.2, 0.25) is 0 Å². The van der Waals surface area contributed by atoms with Gasteiger partial charge in [0.15, 0.2) is 0 Å². The molecule has 0 saturated heterocycles. The van der Waals surface area contributed by atoms with Crippen molar-refractivity contribution >= 4 is 11.8 Å². The van der Waals surface area contributed by atoms with E-state index in [-0.39, 0.29) is 24.4 Å². The van der Waals surface area contributed by atoms with Gasteiger partial charge in [0.1, 0.15) is 24.6 Å². The number of nitrogens with two attached hydrogens (primary N) is 1. The first-order chi connectivity index (χ1) is 11.9. The standard InChI is InChI=1S/C18H21FN2O4/c1-11-7-15(20)14(19)8-13(11)17(23)16(22)9-21-18(24)25-10-12-5-3-2-4-6-12/h2-8,16-17,22-23H,9-10,20H2,1H3,(H,21,24). The molecule has 0 saturated carbocycles. The number of hydrogen-bond donors (Lipinski definition) is 4. The SMILES string of the molecule is Cc1cc(N)c(F)cc1C(O)C(O)CNC(=O)OCc1ccccc1. The monoisotopic (exact) mass is 348 g/mol. The quantitative estimate of drug-likeness (QED) is 0.598. The summed E-state index contributed by atoms with van der Waals surface area (Å²) in [6.07, 6.45) is -3.43. The lowest BCUT2D eigenvalue weighted by Gasteiger charge is -2.20. The highest BCUT2D eigenvalue weighted by atomic mass is 19.1. The maximum Gasteiger partial charge on any atom is 0.407 e. The number of aliphatic hydroxyl groups excluding tert-OH is 2. The number of halogens is 1. The number of nitrogens with one attached hydrogen (secondary N) is 1. The molecule has 5 N–H and O–H groups in total. The number of ether oxygens (including phenoxy) is 1. The number of nitrogen functional groups attached to an aromatic ring is 1. The number of rotatable bonds is 6. The van der Waals surface area contributed by atoms with Gasteiger partial charge >= 0.3 is 6.09 Å². The van der Waals surface area contributed by atoms with Crippen molar-refractivity contribution in [1.29, 1.82) is 0 Å². The summed E-state index contributed by atoms with van der Waals surface area (Å²) < 4.78 is 18.6. The number of carbonyl (C=O) groups excluding carboxylic acids is 1. The van der Waals surface area contributed by atoms with Gasteiger partial charge < -0.3 is 26.0 Å². The summed E-state index contributed by atoms with van der Waals surface area (Å²) in [6, 6.07) is 11.6. The summed E-state index contributed by atoms with van der Waals surface area (Å²) in [7, 11) is 0. The second-order valence-corrected chi connectivity index (χ2v) is 5.69. The van der Waals surface area contributed by atoms with Crippen LogP contribution < -0.4 is 11.1 Å². The molecule has 0 bridgehead atoms. The smallest absolute Gasteiger partial charge is 0.407 e. The van der Waals surface area contributed by atoms with Crippen LogP contribution in [0.1, 0.15) is 22.8 Å². The first kappa shape index (κ1) is 18.7. The van der Waals surface area contributed by atoms with Crippen LogP contribution in [-0.2, 0) is 11.3 Å². The van der Waals surface area contributed by atoms with Crippen molar-refractivity contribution in [3.8, 4) is 0 Å². The molecule has 0 aliphatic carbocycles. The minimum Gasteiger partial charge on any atom is -0.445 e. The van der Waals surface area contributed by atoms with Crippen LogP contribution in [0.15, 0.2) is 42.5 Å². The summed E-state index contributed by atoms with van der Waals surface area (Å²) in [6.45, 7) is 1.48. The van der Waals surface area contributed by atoms with Crippen LogP contribution in [0.3, 0.4) is 0 Å². The fraction of sp³-hybridized carbons (Fsp3) is 0.278. The zero-order valence-electron chi connectivity index (χ0n) is 13.8. The first-order valence-corrected chi connectivity index (χ1v) is 7.74. The van der Waals surface area contributed by atoms with Crippen molar-refractivity contribution in [3.05, 3.63) is 65.0 Å². The molecule has 2 aromatic carbocycles. The van der Waals surface area contributed by atoms with E-state index in [4.69, 9.17) is 10.5 Å². The van der Waals surface area contributed by atoms with Crippen LogP contribution in [0.4, 0.5) is 14.9 Å². The molecule has 0 spiro atoms. The summed E-state index contributed by atoms with van der Waals surface area (Å²) >= 11 is 0. The Kier molecular flexibility index (Phi) is 6.32. The molecule has 6 nitrogen and oxygen atoms in total. The van der Waals surface area contributed by atoms with E-state index < -0.39 is 24.1 Å². The number of aryl methyl sites for hydroxylation is 1. The molecule has 2 rings (SSSR count). The van der Waals surface area contributed by atoms with Gasteiger partial charge in [-0.25, -0.2) is 9.18 Å². The largest absolute Gasteiger partial charge is 0.445 e. The highest BCUT2D eigenvalue weighted by Crippen LogP contribution is 2.25. The van der Waals surface area contributed by atoms with Crippen molar-refractivity contribution in [2.24, 2.45) is 0 Å². The summed E-state index contributed by atoms with van der Waals surface area (Å²) in [5.74, 6) is -0.679. The Labute approximate surface area is 145 Å². The van der Waals surface area contributed by atoms with Crippen molar-refractivity contribution in [2.75, 3.05) is 12.3 Å². The molecule has 0 heterocycles. The number of benzene rings is 2. The Morgan fingerprint density at radius 3 is 2.64 bits per heavy atom. The van der Waals surface area contributed by atoms with E-state index in [0.717, 1.165) is 11.6 Å². The predicted molar refractivity (Wildman–Crippen MR) is 91.1 cm³/mol. The zero-order chi connectivity index (χ0) is 18.4. The molecule has 0 radical (unpaired) electrons. The minimum absolute atomic E-state index is 0.0365. The number of alkyl carbamates (subject to hydrolysis) is 1. The lowest BCUT2D eigenvalue weighted by atomic mass is 9.98. The Morgan fingerprint density at radius 2 is 1.96 bits per heavy atom. The molecule has 0 fully saturated rings. The molecular formula is C18H21FN2O4. The molecule has 2 aromatic rings. The third-order valence-corrected chi connectivity index (χ3v) is 3.74. The molecule has 1 amide bonds. The number of aliphatic hydroxyl groups is 2. The second kappa shape index (κ2) is 8.46. The van der Waals surface area contributed by atoms with Gasteiger partial charge in [-0.1, -0.05) is 30.3 Å². The maximum absolute atomic E-state index is 13.6. The van der Waals surface area contributed by atoms with E-state index >= 15 is 0 Å². The summed E-state index contributed by atoms with van der Waals surface area (Å²) in [4.78, 5) is 11.6. The van der Waals surface area contributed by atoms with E-state index in [1.165, 1.54) is 6.07 Å².